The molecule has 0 unspecified atom stereocenters. The molecule has 6 nitrogen and oxygen atoms in total. The van der Waals surface area contributed by atoms with Crippen molar-refractivity contribution in [1.82, 2.24) is 14.9 Å². The molecule has 19 heavy (non-hydrogen) atoms. The van der Waals surface area contributed by atoms with Crippen molar-refractivity contribution < 1.29 is 14.6 Å². The van der Waals surface area contributed by atoms with Gasteiger partial charge in [-0.3, -0.25) is 0 Å². The molecule has 1 heterocycles. The summed E-state index contributed by atoms with van der Waals surface area (Å²) in [5.74, 6) is 1.06. The average Bonchev–Trinajstić information content (AvgIpc) is 2.30. The van der Waals surface area contributed by atoms with Gasteiger partial charge in [-0.05, 0) is 44.3 Å². The van der Waals surface area contributed by atoms with Gasteiger partial charge < -0.3 is 4.74 Å². The summed E-state index contributed by atoms with van der Waals surface area (Å²) in [6, 6.07) is 0. The lowest BCUT2D eigenvalue weighted by atomic mass is 10.4. The van der Waals surface area contributed by atoms with Gasteiger partial charge in [0.25, 0.3) is 0 Å². The van der Waals surface area contributed by atoms with Gasteiger partial charge in [-0.25, -0.2) is 14.9 Å². The van der Waals surface area contributed by atoms with Crippen LogP contribution in [0.5, 0.6) is 5.75 Å². The predicted octanol–water partition coefficient (Wildman–Crippen LogP) is 2.98. The number of halogens is 2. The molecule has 0 saturated carbocycles. The van der Waals surface area contributed by atoms with E-state index < -0.39 is 0 Å². The first-order valence-electron chi connectivity index (χ1n) is 5.52. The number of aryl methyl sites for hydroxylation is 1. The van der Waals surface area contributed by atoms with E-state index in [2.05, 4.69) is 14.9 Å². The van der Waals surface area contributed by atoms with Crippen molar-refractivity contribution in [3.05, 3.63) is 16.1 Å². The zero-order chi connectivity index (χ0) is 14.3. The van der Waals surface area contributed by atoms with Crippen molar-refractivity contribution in [2.75, 3.05) is 12.4 Å². The molecular weight excluding hydrogens is 313 g/mol. The molecule has 108 valence electrons. The fraction of sp³-hybridized carbons (Fsp3) is 0.600. The monoisotopic (exact) mass is 327 g/mol. The van der Waals surface area contributed by atoms with Gasteiger partial charge in [-0.15, -0.1) is 9.87 Å². The Morgan fingerprint density at radius 2 is 2.05 bits per heavy atom. The number of nitrogens with one attached hydrogen (secondary N) is 1. The van der Waals surface area contributed by atoms with E-state index in [9.17, 15) is 0 Å². The summed E-state index contributed by atoms with van der Waals surface area (Å²) < 4.78 is 5.48. The molecule has 0 amide bonds. The van der Waals surface area contributed by atoms with Crippen molar-refractivity contribution >= 4 is 35.1 Å². The topological polar surface area (TPSA) is 65.5 Å². The fourth-order valence-electron chi connectivity index (χ4n) is 1.03. The van der Waals surface area contributed by atoms with Crippen LogP contribution in [0.15, 0.2) is 0 Å². The normalized spacial score (nSPS) is 11.1. The Balaban J connectivity index is 2.23. The van der Waals surface area contributed by atoms with Gasteiger partial charge in [-0.1, -0.05) is 11.6 Å². The SMILES string of the molecule is Cc1nc(Cl)nc(Cl)c1OCCSNOOC(C)C. The highest BCUT2D eigenvalue weighted by atomic mass is 35.5. The summed E-state index contributed by atoms with van der Waals surface area (Å²) in [6.45, 7) is 5.88. The highest BCUT2D eigenvalue weighted by molar-refractivity contribution is 7.97. The number of hydrogen-bond donors (Lipinski definition) is 1. The fourth-order valence-corrected chi connectivity index (χ4v) is 1.89. The molecule has 9 heteroatoms. The first-order valence-corrected chi connectivity index (χ1v) is 7.26. The summed E-state index contributed by atoms with van der Waals surface area (Å²) in [5.41, 5.74) is 0.599. The van der Waals surface area contributed by atoms with E-state index in [-0.39, 0.29) is 16.5 Å². The van der Waals surface area contributed by atoms with Crippen LogP contribution in [0.1, 0.15) is 19.5 Å². The molecule has 0 aliphatic rings. The number of hydrogen-bond acceptors (Lipinski definition) is 7. The van der Waals surface area contributed by atoms with Gasteiger partial charge in [0.15, 0.2) is 10.9 Å². The van der Waals surface area contributed by atoms with E-state index in [0.717, 1.165) is 0 Å². The average molecular weight is 328 g/mol. The highest BCUT2D eigenvalue weighted by Gasteiger charge is 2.10. The molecule has 0 aliphatic carbocycles. The lowest BCUT2D eigenvalue weighted by Gasteiger charge is -2.10. The van der Waals surface area contributed by atoms with Crippen LogP contribution < -0.4 is 9.62 Å². The van der Waals surface area contributed by atoms with Gasteiger partial charge in [-0.2, -0.15) is 0 Å². The Morgan fingerprint density at radius 3 is 2.68 bits per heavy atom. The second-order valence-electron chi connectivity index (χ2n) is 3.71. The Morgan fingerprint density at radius 1 is 1.32 bits per heavy atom. The maximum atomic E-state index is 5.90. The first-order chi connectivity index (χ1) is 9.00. The Hall–Kier alpha value is -0.310. The van der Waals surface area contributed by atoms with Crippen LogP contribution in [0.4, 0.5) is 0 Å². The third-order valence-corrected chi connectivity index (χ3v) is 2.71. The van der Waals surface area contributed by atoms with Gasteiger partial charge in [0.2, 0.25) is 5.28 Å². The Labute approximate surface area is 126 Å². The minimum atomic E-state index is -0.00276. The molecule has 1 rings (SSSR count). The van der Waals surface area contributed by atoms with E-state index in [4.69, 9.17) is 37.8 Å². The van der Waals surface area contributed by atoms with Crippen LogP contribution in [0.2, 0.25) is 10.4 Å². The molecule has 0 aliphatic heterocycles. The van der Waals surface area contributed by atoms with Gasteiger partial charge in [0.05, 0.1) is 18.4 Å². The van der Waals surface area contributed by atoms with Crippen LogP contribution in [0.25, 0.3) is 0 Å². The molecule has 0 spiro atoms. The third kappa shape index (κ3) is 6.60. The summed E-state index contributed by atoms with van der Waals surface area (Å²) in [5, 5.41) is 0.306. The number of aromatic nitrogens is 2. The van der Waals surface area contributed by atoms with E-state index >= 15 is 0 Å². The van der Waals surface area contributed by atoms with Crippen LogP contribution >= 0.6 is 35.1 Å². The minimum Gasteiger partial charge on any atom is -0.488 e. The maximum absolute atomic E-state index is 5.90. The lowest BCUT2D eigenvalue weighted by Crippen LogP contribution is -2.13. The minimum absolute atomic E-state index is 0.00276. The predicted molar refractivity (Wildman–Crippen MR) is 75.2 cm³/mol. The Bertz CT molecular complexity index is 387. The largest absolute Gasteiger partial charge is 0.488 e. The van der Waals surface area contributed by atoms with Gasteiger partial charge in [0, 0.05) is 5.75 Å². The van der Waals surface area contributed by atoms with E-state index in [0.29, 0.717) is 23.8 Å². The molecule has 0 fully saturated rings. The number of nitrogens with zero attached hydrogens (tertiary/aromatic N) is 2. The second-order valence-corrected chi connectivity index (χ2v) is 5.27. The third-order valence-electron chi connectivity index (χ3n) is 1.73. The standard InChI is InChI=1S/C10H15Cl2N3O3S/c1-6(2)17-18-15-19-5-4-16-8-7(3)13-10(12)14-9(8)11/h6,15H,4-5H2,1-3H3. The molecule has 0 aromatic carbocycles. The smallest absolute Gasteiger partial charge is 0.224 e. The number of rotatable bonds is 8. The highest BCUT2D eigenvalue weighted by Crippen LogP contribution is 2.26. The molecule has 0 atom stereocenters. The Kier molecular flexibility index (Phi) is 7.74. The summed E-state index contributed by atoms with van der Waals surface area (Å²) >= 11 is 12.9. The van der Waals surface area contributed by atoms with Crippen LogP contribution in [-0.2, 0) is 9.88 Å². The molecule has 0 saturated heterocycles. The van der Waals surface area contributed by atoms with Crippen molar-refractivity contribution in [3.63, 3.8) is 0 Å². The van der Waals surface area contributed by atoms with E-state index in [1.54, 1.807) is 6.92 Å². The molecule has 0 bridgehead atoms. The van der Waals surface area contributed by atoms with Crippen LogP contribution in [0.3, 0.4) is 0 Å². The van der Waals surface area contributed by atoms with Crippen LogP contribution in [-0.4, -0.2) is 28.4 Å². The lowest BCUT2D eigenvalue weighted by molar-refractivity contribution is -0.336. The summed E-state index contributed by atoms with van der Waals surface area (Å²) in [4.78, 5) is 19.9. The zero-order valence-electron chi connectivity index (χ0n) is 10.8. The molecule has 1 aromatic rings. The second kappa shape index (κ2) is 8.78. The number of ether oxygens (including phenoxy) is 1. The van der Waals surface area contributed by atoms with Crippen molar-refractivity contribution in [1.29, 1.82) is 0 Å². The maximum Gasteiger partial charge on any atom is 0.224 e. The molecule has 1 aromatic heterocycles. The van der Waals surface area contributed by atoms with Gasteiger partial charge in [0.1, 0.15) is 0 Å². The van der Waals surface area contributed by atoms with Gasteiger partial charge >= 0.3 is 0 Å². The van der Waals surface area contributed by atoms with E-state index in [1.807, 2.05) is 13.8 Å². The zero-order valence-corrected chi connectivity index (χ0v) is 13.1. The van der Waals surface area contributed by atoms with Crippen LogP contribution in [0, 0.1) is 6.92 Å². The molecule has 0 radical (unpaired) electrons. The molecular formula is C10H15Cl2N3O3S. The quantitative estimate of drug-likeness (QED) is 0.196. The summed E-state index contributed by atoms with van der Waals surface area (Å²) in [6.07, 6.45) is -0.00276. The van der Waals surface area contributed by atoms with Crippen molar-refractivity contribution in [3.8, 4) is 5.75 Å². The van der Waals surface area contributed by atoms with Crippen molar-refractivity contribution in [2.45, 2.75) is 26.9 Å². The first kappa shape index (κ1) is 16.7. The van der Waals surface area contributed by atoms with Crippen molar-refractivity contribution in [2.24, 2.45) is 0 Å². The molecule has 1 N–H and O–H groups in total. The summed E-state index contributed by atoms with van der Waals surface area (Å²) in [7, 11) is 0. The van der Waals surface area contributed by atoms with E-state index in [1.165, 1.54) is 11.9 Å².